The van der Waals surface area contributed by atoms with E-state index in [0.717, 1.165) is 41.7 Å². The molecule has 3 aromatic rings. The van der Waals surface area contributed by atoms with E-state index in [4.69, 9.17) is 12.2 Å². The molecule has 0 spiro atoms. The van der Waals surface area contributed by atoms with Crippen molar-refractivity contribution in [2.45, 2.75) is 32.7 Å². The summed E-state index contributed by atoms with van der Waals surface area (Å²) in [7, 11) is 1.72. The van der Waals surface area contributed by atoms with E-state index in [0.29, 0.717) is 21.2 Å². The number of nitrogens with zero attached hydrogens (tertiary/aromatic N) is 3. The number of rotatable bonds is 6. The second-order valence-corrected chi connectivity index (χ2v) is 8.46. The Labute approximate surface area is 195 Å². The Morgan fingerprint density at radius 3 is 2.64 bits per heavy atom. The number of carbonyl (C=O) groups is 1. The number of hydrogen-bond acceptors (Lipinski definition) is 3. The number of benzene rings is 1. The largest absolute Gasteiger partial charge is 0.349 e. The predicted molar refractivity (Wildman–Crippen MR) is 130 cm³/mol. The molecule has 0 saturated heterocycles. The maximum absolute atomic E-state index is 14.6. The second-order valence-electron chi connectivity index (χ2n) is 8.07. The van der Waals surface area contributed by atoms with Gasteiger partial charge in [-0.25, -0.2) is 13.5 Å². The number of carbonyl (C=O) groups excluding carboxylic acids is 1. The van der Waals surface area contributed by atoms with Crippen molar-refractivity contribution in [1.29, 1.82) is 0 Å². The zero-order valence-corrected chi connectivity index (χ0v) is 19.5. The van der Waals surface area contributed by atoms with Gasteiger partial charge in [-0.3, -0.25) is 4.79 Å². The van der Waals surface area contributed by atoms with E-state index in [-0.39, 0.29) is 17.6 Å². The number of hydrogen-bond donors (Lipinski definition) is 1. The first-order valence-corrected chi connectivity index (χ1v) is 11.0. The van der Waals surface area contributed by atoms with E-state index < -0.39 is 11.7 Å². The molecule has 2 aromatic heterocycles. The SMILES string of the molecule is C=C/C(F)=C(\C(F)=C/C)n1ncc2cc(-c3cc(C(=O)NC4CC4)ccc3C)c(=S)n(C)c21. The quantitative estimate of drug-likeness (QED) is 0.349. The van der Waals surface area contributed by atoms with Crippen LogP contribution in [-0.4, -0.2) is 26.3 Å². The molecule has 1 aliphatic rings. The topological polar surface area (TPSA) is 51.9 Å². The van der Waals surface area contributed by atoms with Crippen molar-refractivity contribution in [2.24, 2.45) is 7.05 Å². The van der Waals surface area contributed by atoms with Crippen LogP contribution >= 0.6 is 12.2 Å². The average Bonchev–Trinajstić information content (AvgIpc) is 3.53. The van der Waals surface area contributed by atoms with Crippen molar-refractivity contribution >= 4 is 34.9 Å². The van der Waals surface area contributed by atoms with Crippen LogP contribution in [0.25, 0.3) is 27.9 Å². The summed E-state index contributed by atoms with van der Waals surface area (Å²) < 4.78 is 32.4. The number of aryl methyl sites for hydroxylation is 2. The third kappa shape index (κ3) is 4.18. The van der Waals surface area contributed by atoms with Gasteiger partial charge in [0.25, 0.3) is 5.91 Å². The van der Waals surface area contributed by atoms with Crippen LogP contribution in [-0.2, 0) is 7.05 Å². The van der Waals surface area contributed by atoms with Crippen molar-refractivity contribution in [3.63, 3.8) is 0 Å². The molecule has 2 heterocycles. The van der Waals surface area contributed by atoms with Crippen molar-refractivity contribution in [3.05, 3.63) is 76.6 Å². The zero-order chi connectivity index (χ0) is 23.9. The van der Waals surface area contributed by atoms with Gasteiger partial charge in [-0.05, 0) is 68.2 Å². The molecule has 1 amide bonds. The highest BCUT2D eigenvalue weighted by Gasteiger charge is 2.24. The van der Waals surface area contributed by atoms with Gasteiger partial charge in [0.15, 0.2) is 5.83 Å². The zero-order valence-electron chi connectivity index (χ0n) is 18.7. The van der Waals surface area contributed by atoms with Crippen LogP contribution in [0.2, 0.25) is 0 Å². The van der Waals surface area contributed by atoms with Crippen molar-refractivity contribution in [1.82, 2.24) is 19.7 Å². The lowest BCUT2D eigenvalue weighted by Crippen LogP contribution is -2.25. The van der Waals surface area contributed by atoms with E-state index in [1.54, 1.807) is 17.7 Å². The highest BCUT2D eigenvalue weighted by molar-refractivity contribution is 7.71. The third-order valence-electron chi connectivity index (χ3n) is 5.72. The van der Waals surface area contributed by atoms with Crippen molar-refractivity contribution in [3.8, 4) is 11.1 Å². The first-order valence-electron chi connectivity index (χ1n) is 10.6. The Hall–Kier alpha value is -3.39. The summed E-state index contributed by atoms with van der Waals surface area (Å²) in [6, 6.07) is 7.61. The molecule has 5 nitrogen and oxygen atoms in total. The van der Waals surface area contributed by atoms with Gasteiger partial charge < -0.3 is 9.88 Å². The Balaban J connectivity index is 1.89. The van der Waals surface area contributed by atoms with Gasteiger partial charge in [0.05, 0.1) is 6.20 Å². The molecule has 1 aromatic carbocycles. The van der Waals surface area contributed by atoms with E-state index in [2.05, 4.69) is 17.0 Å². The third-order valence-corrected chi connectivity index (χ3v) is 6.22. The van der Waals surface area contributed by atoms with Gasteiger partial charge in [0.2, 0.25) is 0 Å². The van der Waals surface area contributed by atoms with Crippen LogP contribution < -0.4 is 5.32 Å². The summed E-state index contributed by atoms with van der Waals surface area (Å²) in [5.74, 6) is -1.71. The molecule has 1 saturated carbocycles. The van der Waals surface area contributed by atoms with E-state index in [9.17, 15) is 13.6 Å². The first kappa shape index (κ1) is 22.8. The highest BCUT2D eigenvalue weighted by Crippen LogP contribution is 2.32. The molecule has 0 bridgehead atoms. The summed E-state index contributed by atoms with van der Waals surface area (Å²) in [5.41, 5.74) is 3.17. The summed E-state index contributed by atoms with van der Waals surface area (Å²) in [5, 5.41) is 7.88. The van der Waals surface area contributed by atoms with E-state index in [1.807, 2.05) is 25.1 Å². The Bertz CT molecular complexity index is 1410. The molecule has 8 heteroatoms. The van der Waals surface area contributed by atoms with Crippen LogP contribution in [0.15, 0.2) is 60.8 Å². The van der Waals surface area contributed by atoms with Gasteiger partial charge in [-0.15, -0.1) is 0 Å². The molecule has 4 rings (SSSR count). The average molecular weight is 467 g/mol. The van der Waals surface area contributed by atoms with Crippen LogP contribution in [0, 0.1) is 11.6 Å². The number of allylic oxidation sites excluding steroid dienone is 5. The molecule has 1 fully saturated rings. The van der Waals surface area contributed by atoms with Crippen LogP contribution in [0.3, 0.4) is 0 Å². The molecule has 33 heavy (non-hydrogen) atoms. The summed E-state index contributed by atoms with van der Waals surface area (Å²) in [4.78, 5) is 12.6. The first-order chi connectivity index (χ1) is 15.8. The number of nitrogens with one attached hydrogen (secondary N) is 1. The van der Waals surface area contributed by atoms with Crippen molar-refractivity contribution in [2.75, 3.05) is 0 Å². The second kappa shape index (κ2) is 8.86. The van der Waals surface area contributed by atoms with Gasteiger partial charge in [0.1, 0.15) is 21.8 Å². The smallest absolute Gasteiger partial charge is 0.251 e. The molecular formula is C25H24F2N4OS. The number of pyridine rings is 1. The maximum atomic E-state index is 14.6. The molecule has 0 unspecified atom stereocenters. The molecule has 0 aliphatic heterocycles. The minimum atomic E-state index is -0.837. The Morgan fingerprint density at radius 2 is 2.00 bits per heavy atom. The van der Waals surface area contributed by atoms with Crippen LogP contribution in [0.1, 0.15) is 35.7 Å². The summed E-state index contributed by atoms with van der Waals surface area (Å²) in [6.07, 6.45) is 5.65. The highest BCUT2D eigenvalue weighted by atomic mass is 32.1. The molecule has 170 valence electrons. The fraction of sp³-hybridized carbons (Fsp3) is 0.240. The molecular weight excluding hydrogens is 442 g/mol. The van der Waals surface area contributed by atoms with Crippen LogP contribution in [0.4, 0.5) is 8.78 Å². The molecule has 0 atom stereocenters. The molecule has 1 N–H and O–H groups in total. The Morgan fingerprint density at radius 1 is 1.27 bits per heavy atom. The van der Waals surface area contributed by atoms with Crippen LogP contribution in [0.5, 0.6) is 0 Å². The van der Waals surface area contributed by atoms with Gasteiger partial charge in [-0.2, -0.15) is 5.10 Å². The van der Waals surface area contributed by atoms with E-state index in [1.165, 1.54) is 17.8 Å². The molecule has 0 radical (unpaired) electrons. The molecule has 1 aliphatic carbocycles. The Kier molecular flexibility index (Phi) is 6.12. The summed E-state index contributed by atoms with van der Waals surface area (Å²) in [6.45, 7) is 6.83. The summed E-state index contributed by atoms with van der Waals surface area (Å²) >= 11 is 5.73. The number of halogens is 2. The van der Waals surface area contributed by atoms with Gasteiger partial charge in [0, 0.05) is 29.6 Å². The lowest BCUT2D eigenvalue weighted by Gasteiger charge is -2.14. The van der Waals surface area contributed by atoms with E-state index >= 15 is 0 Å². The number of amides is 1. The lowest BCUT2D eigenvalue weighted by atomic mass is 9.98. The number of aromatic nitrogens is 3. The minimum Gasteiger partial charge on any atom is -0.349 e. The van der Waals surface area contributed by atoms with Crippen molar-refractivity contribution < 1.29 is 13.6 Å². The minimum absolute atomic E-state index is 0.112. The standard InChI is InChI=1S/C25H24F2N4OS/c1-5-20(26)22(21(27)6-2)31-24-16(13-28-31)12-19(25(33)30(24)4)18-11-15(8-7-14(18)3)23(32)29-17-9-10-17/h5-8,11-13,17H,1,9-10H2,2-4H3,(H,29,32)/b21-6+,22-20-. The number of fused-ring (bicyclic) bond motifs is 1. The fourth-order valence-electron chi connectivity index (χ4n) is 3.74. The lowest BCUT2D eigenvalue weighted by molar-refractivity contribution is 0.0951. The maximum Gasteiger partial charge on any atom is 0.251 e. The van der Waals surface area contributed by atoms with Gasteiger partial charge >= 0.3 is 0 Å². The predicted octanol–water partition coefficient (Wildman–Crippen LogP) is 6.17. The monoisotopic (exact) mass is 466 g/mol. The normalized spacial score (nSPS) is 14.9. The van der Waals surface area contributed by atoms with Gasteiger partial charge in [-0.1, -0.05) is 24.9 Å². The fourth-order valence-corrected chi connectivity index (χ4v) is 4.00.